The quantitative estimate of drug-likeness (QED) is 0.141. The van der Waals surface area contributed by atoms with E-state index in [1.54, 1.807) is 0 Å². The molecule has 2 aliphatic rings. The molecule has 15 aromatic carbocycles. The molecule has 0 N–H and O–H groups in total. The van der Waals surface area contributed by atoms with Crippen LogP contribution in [0.3, 0.4) is 0 Å². The molecule has 0 fully saturated rings. The third-order valence-corrected chi connectivity index (χ3v) is 20.4. The molecule has 0 saturated heterocycles. The van der Waals surface area contributed by atoms with Crippen LogP contribution in [0.4, 0.5) is 34.1 Å². The van der Waals surface area contributed by atoms with Gasteiger partial charge in [0.1, 0.15) is 0 Å². The number of benzene rings is 15. The normalized spacial score (nSPS) is 12.7. The van der Waals surface area contributed by atoms with Crippen molar-refractivity contribution < 1.29 is 0 Å². The predicted octanol–water partition coefficient (Wildman–Crippen LogP) is 22.2. The van der Waals surface area contributed by atoms with E-state index in [-0.39, 0.29) is 12.1 Å². The van der Waals surface area contributed by atoms with Gasteiger partial charge >= 0.3 is 0 Å². The zero-order chi connectivity index (χ0) is 63.0. The van der Waals surface area contributed by atoms with Crippen molar-refractivity contribution >= 4 is 122 Å². The number of fused-ring (bicyclic) bond motifs is 14. The van der Waals surface area contributed by atoms with Gasteiger partial charge in [0.2, 0.25) is 0 Å². The Morgan fingerprint density at radius 1 is 0.274 bits per heavy atom. The van der Waals surface area contributed by atoms with Crippen LogP contribution in [0, 0.1) is 0 Å². The number of para-hydroxylation sites is 4. The summed E-state index contributed by atoms with van der Waals surface area (Å²) in [6, 6.07) is 123. The van der Waals surface area contributed by atoms with E-state index in [0.717, 1.165) is 90.0 Å². The van der Waals surface area contributed by atoms with Gasteiger partial charge in [0.15, 0.2) is 0 Å². The van der Waals surface area contributed by atoms with Crippen molar-refractivity contribution in [3.8, 4) is 55.9 Å². The van der Waals surface area contributed by atoms with Crippen LogP contribution >= 0.6 is 0 Å². The summed E-state index contributed by atoms with van der Waals surface area (Å²) in [6.07, 6.45) is 0. The Hall–Kier alpha value is -11.9. The lowest BCUT2D eigenvalue weighted by Crippen LogP contribution is -2.61. The van der Waals surface area contributed by atoms with Crippen molar-refractivity contribution in [2.45, 2.75) is 26.2 Å². The van der Waals surface area contributed by atoms with E-state index in [4.69, 9.17) is 0 Å². The SMILES string of the molecule is CC(C)(C)c1cc2c3c(c1)N(c1c(-c4ccccc4)cccc1-c1ccccc1)c1cc(-n4c5ccccc5c5c6ccccc6ccc54)ccc1B3c1ccc(-n3c4ccccc4c4c5ccccc5ccc43)cc1N2c1c(-c2ccccc2)cccc1-c1ccccc1. The maximum atomic E-state index is 2.69. The summed E-state index contributed by atoms with van der Waals surface area (Å²) in [5, 5.41) is 9.96. The highest BCUT2D eigenvalue weighted by molar-refractivity contribution is 7.00. The van der Waals surface area contributed by atoms with Crippen molar-refractivity contribution in [2.24, 2.45) is 0 Å². The first-order valence-electron chi connectivity index (χ1n) is 33.2. The Balaban J connectivity index is 0.980. The molecule has 0 bridgehead atoms. The lowest BCUT2D eigenvalue weighted by atomic mass is 9.33. The van der Waals surface area contributed by atoms with E-state index in [2.05, 4.69) is 367 Å². The molecule has 5 heteroatoms. The second-order valence-corrected chi connectivity index (χ2v) is 26.7. The Morgan fingerprint density at radius 2 is 0.621 bits per heavy atom. The van der Waals surface area contributed by atoms with Gasteiger partial charge in [-0.05, 0) is 132 Å². The molecule has 2 aromatic heterocycles. The van der Waals surface area contributed by atoms with Crippen LogP contribution in [-0.4, -0.2) is 15.8 Å². The zero-order valence-corrected chi connectivity index (χ0v) is 53.0. The van der Waals surface area contributed by atoms with Crippen molar-refractivity contribution in [3.63, 3.8) is 0 Å². The minimum Gasteiger partial charge on any atom is -0.310 e. The van der Waals surface area contributed by atoms with Crippen molar-refractivity contribution in [3.05, 3.63) is 333 Å². The van der Waals surface area contributed by atoms with Gasteiger partial charge in [-0.2, -0.15) is 0 Å². The van der Waals surface area contributed by atoms with Gasteiger partial charge in [0.05, 0.1) is 33.4 Å². The number of hydrogen-bond acceptors (Lipinski definition) is 2. The van der Waals surface area contributed by atoms with Gasteiger partial charge in [-0.15, -0.1) is 0 Å². The molecule has 0 atom stereocenters. The fourth-order valence-electron chi connectivity index (χ4n) is 16.2. The molecule has 0 spiro atoms. The average Bonchev–Trinajstić information content (AvgIpc) is 1.19. The van der Waals surface area contributed by atoms with Crippen molar-refractivity contribution in [2.75, 3.05) is 9.80 Å². The molecule has 446 valence electrons. The van der Waals surface area contributed by atoms with Crippen LogP contribution in [0.1, 0.15) is 26.3 Å². The molecular formula is C90H63BN4. The van der Waals surface area contributed by atoms with Crippen LogP contribution in [0.2, 0.25) is 0 Å². The molecular weight excluding hydrogens is 1150 g/mol. The third kappa shape index (κ3) is 8.42. The maximum Gasteiger partial charge on any atom is 0.252 e. The molecule has 19 rings (SSSR count). The Kier molecular flexibility index (Phi) is 12.3. The molecule has 95 heavy (non-hydrogen) atoms. The lowest BCUT2D eigenvalue weighted by molar-refractivity contribution is 0.590. The first-order chi connectivity index (χ1) is 46.8. The van der Waals surface area contributed by atoms with Gasteiger partial charge < -0.3 is 18.9 Å². The Bertz CT molecular complexity index is 5490. The fraction of sp³-hybridized carbons (Fsp3) is 0.0444. The second kappa shape index (κ2) is 21.3. The molecule has 0 aliphatic carbocycles. The first kappa shape index (κ1) is 54.8. The lowest BCUT2D eigenvalue weighted by Gasteiger charge is -2.46. The molecule has 0 amide bonds. The third-order valence-electron chi connectivity index (χ3n) is 20.4. The van der Waals surface area contributed by atoms with E-state index in [0.29, 0.717) is 0 Å². The highest BCUT2D eigenvalue weighted by atomic mass is 15.2. The largest absolute Gasteiger partial charge is 0.310 e. The van der Waals surface area contributed by atoms with E-state index in [1.807, 2.05) is 0 Å². The minimum absolute atomic E-state index is 0.216. The van der Waals surface area contributed by atoms with Gasteiger partial charge in [0.25, 0.3) is 6.71 Å². The summed E-state index contributed by atoms with van der Waals surface area (Å²) in [4.78, 5) is 5.39. The number of rotatable bonds is 8. The second-order valence-electron chi connectivity index (χ2n) is 26.7. The van der Waals surface area contributed by atoms with E-state index in [9.17, 15) is 0 Å². The number of hydrogen-bond donors (Lipinski definition) is 0. The average molecular weight is 1210 g/mol. The molecule has 4 nitrogen and oxygen atoms in total. The number of aromatic nitrogens is 2. The Labute approximate surface area is 553 Å². The van der Waals surface area contributed by atoms with E-state index in [1.165, 1.54) is 87.1 Å². The summed E-state index contributed by atoms with van der Waals surface area (Å²) in [5.74, 6) is 0. The van der Waals surface area contributed by atoms with Gasteiger partial charge in [0, 0.05) is 77.9 Å². The van der Waals surface area contributed by atoms with Crippen LogP contribution in [0.5, 0.6) is 0 Å². The summed E-state index contributed by atoms with van der Waals surface area (Å²) in [7, 11) is 0. The monoisotopic (exact) mass is 1210 g/mol. The van der Waals surface area contributed by atoms with Crippen LogP contribution in [-0.2, 0) is 5.41 Å². The van der Waals surface area contributed by atoms with Crippen LogP contribution in [0.15, 0.2) is 328 Å². The molecule has 0 saturated carbocycles. The van der Waals surface area contributed by atoms with Crippen molar-refractivity contribution in [1.29, 1.82) is 0 Å². The van der Waals surface area contributed by atoms with Crippen LogP contribution in [0.25, 0.3) is 121 Å². The maximum absolute atomic E-state index is 2.69. The summed E-state index contributed by atoms with van der Waals surface area (Å²) >= 11 is 0. The first-order valence-corrected chi connectivity index (χ1v) is 33.2. The van der Waals surface area contributed by atoms with Gasteiger partial charge in [-0.3, -0.25) is 0 Å². The molecule has 4 heterocycles. The highest BCUT2D eigenvalue weighted by Crippen LogP contribution is 2.54. The molecule has 0 unspecified atom stereocenters. The predicted molar refractivity (Wildman–Crippen MR) is 405 cm³/mol. The number of anilines is 6. The minimum atomic E-state index is -0.303. The standard InChI is InChI=1S/C90H63BN4/c1-90(2,3)64-54-83-87-84(55-64)95(89-71(60-30-12-6-13-31-60)42-25-43-72(89)61-32-14-7-15-33-61)82-57-66(93-78-45-23-21-39-74(78)86-68-37-19-17-35-63(68)47-53-80(86)93)49-51-76(82)91(87)75-50-48-65(92-77-44-22-20-38-73(77)85-67-36-18-16-34-62(67)46-52-79(85)92)56-81(75)94(83)88-69(58-26-8-4-9-27-58)40-24-41-70(88)59-28-10-5-11-29-59/h4-57H,1-3H3. The molecule has 17 aromatic rings. The highest BCUT2D eigenvalue weighted by Gasteiger charge is 2.46. The summed E-state index contributed by atoms with van der Waals surface area (Å²) in [6.45, 7) is 6.94. The fourth-order valence-corrected chi connectivity index (χ4v) is 16.2. The smallest absolute Gasteiger partial charge is 0.252 e. The van der Waals surface area contributed by atoms with E-state index < -0.39 is 0 Å². The molecule has 2 aliphatic heterocycles. The molecule has 0 radical (unpaired) electrons. The van der Waals surface area contributed by atoms with E-state index >= 15 is 0 Å². The summed E-state index contributed by atoms with van der Waals surface area (Å²) in [5.41, 5.74) is 27.6. The van der Waals surface area contributed by atoms with Gasteiger partial charge in [-0.1, -0.05) is 288 Å². The summed E-state index contributed by atoms with van der Waals surface area (Å²) < 4.78 is 5.04. The van der Waals surface area contributed by atoms with Gasteiger partial charge in [-0.25, -0.2) is 0 Å². The number of nitrogens with zero attached hydrogens (tertiary/aromatic N) is 4. The van der Waals surface area contributed by atoms with Crippen LogP contribution < -0.4 is 26.2 Å². The zero-order valence-electron chi connectivity index (χ0n) is 53.0. The topological polar surface area (TPSA) is 16.3 Å². The van der Waals surface area contributed by atoms with Crippen molar-refractivity contribution in [1.82, 2.24) is 9.13 Å². The Morgan fingerprint density at radius 3 is 1.00 bits per heavy atom.